The summed E-state index contributed by atoms with van der Waals surface area (Å²) in [5.41, 5.74) is 4.09. The van der Waals surface area contributed by atoms with Crippen LogP contribution in [0.2, 0.25) is 0 Å². The van der Waals surface area contributed by atoms with Gasteiger partial charge in [-0.2, -0.15) is 4.98 Å². The Morgan fingerprint density at radius 1 is 1.58 bits per heavy atom. The van der Waals surface area contributed by atoms with Crippen molar-refractivity contribution < 1.29 is 14.7 Å². The van der Waals surface area contributed by atoms with Crippen LogP contribution in [0.15, 0.2) is 0 Å². The molecule has 1 heterocycles. The van der Waals surface area contributed by atoms with E-state index in [-0.39, 0.29) is 17.7 Å². The fourth-order valence-corrected chi connectivity index (χ4v) is 2.57. The number of hydrogen-bond acceptors (Lipinski definition) is 5. The molecule has 0 spiro atoms. The molecule has 0 radical (unpaired) electrons. The number of aromatic amines is 1. The Kier molecular flexibility index (Phi) is 3.41. The van der Waals surface area contributed by atoms with Crippen LogP contribution in [0.4, 0.5) is 5.95 Å². The summed E-state index contributed by atoms with van der Waals surface area (Å²) in [4.78, 5) is 27.2. The van der Waals surface area contributed by atoms with Gasteiger partial charge in [0.1, 0.15) is 5.54 Å². The van der Waals surface area contributed by atoms with Crippen LogP contribution in [-0.2, 0) is 4.79 Å². The highest BCUT2D eigenvalue weighted by Gasteiger charge is 2.43. The first-order valence-electron chi connectivity index (χ1n) is 6.17. The number of carbonyl (C=O) groups excluding carboxylic acids is 1. The van der Waals surface area contributed by atoms with E-state index in [1.54, 1.807) is 0 Å². The second-order valence-corrected chi connectivity index (χ2v) is 5.09. The Morgan fingerprint density at radius 3 is 2.84 bits per heavy atom. The Bertz CT molecular complexity index is 500. The maximum absolute atomic E-state index is 12.0. The number of nitrogens with one attached hydrogen (secondary N) is 2. The molecule has 1 aliphatic carbocycles. The van der Waals surface area contributed by atoms with E-state index in [4.69, 9.17) is 5.73 Å². The lowest BCUT2D eigenvalue weighted by Gasteiger charge is -2.36. The lowest BCUT2D eigenvalue weighted by molar-refractivity contribution is -0.146. The maximum atomic E-state index is 12.0. The SMILES string of the molecule is CC1CCCC(NC(=O)c2nc(N)n[nH]2)(C(=O)O)C1. The van der Waals surface area contributed by atoms with Crippen molar-refractivity contribution >= 4 is 17.8 Å². The van der Waals surface area contributed by atoms with Crippen molar-refractivity contribution in [3.63, 3.8) is 0 Å². The second kappa shape index (κ2) is 4.87. The molecule has 0 aromatic carbocycles. The zero-order chi connectivity index (χ0) is 14.0. The van der Waals surface area contributed by atoms with E-state index in [9.17, 15) is 14.7 Å². The number of H-pyrrole nitrogens is 1. The third-order valence-electron chi connectivity index (χ3n) is 3.48. The van der Waals surface area contributed by atoms with Crippen LogP contribution in [0.1, 0.15) is 43.2 Å². The van der Waals surface area contributed by atoms with Gasteiger partial charge in [0.25, 0.3) is 5.91 Å². The molecule has 2 rings (SSSR count). The number of carboxylic acids is 1. The highest BCUT2D eigenvalue weighted by Crippen LogP contribution is 2.32. The van der Waals surface area contributed by atoms with Crippen molar-refractivity contribution in [2.24, 2.45) is 5.92 Å². The van der Waals surface area contributed by atoms with Crippen LogP contribution in [0, 0.1) is 5.92 Å². The molecular formula is C11H17N5O3. The van der Waals surface area contributed by atoms with Crippen LogP contribution < -0.4 is 11.1 Å². The quantitative estimate of drug-likeness (QED) is 0.616. The highest BCUT2D eigenvalue weighted by molar-refractivity contribution is 5.95. The molecule has 1 aromatic heterocycles. The van der Waals surface area contributed by atoms with Crippen molar-refractivity contribution in [2.45, 2.75) is 38.1 Å². The average molecular weight is 267 g/mol. The molecule has 1 saturated carbocycles. The highest BCUT2D eigenvalue weighted by atomic mass is 16.4. The molecule has 0 bridgehead atoms. The molecule has 1 aromatic rings. The second-order valence-electron chi connectivity index (χ2n) is 5.09. The van der Waals surface area contributed by atoms with Crippen LogP contribution in [0.5, 0.6) is 0 Å². The van der Waals surface area contributed by atoms with Gasteiger partial charge < -0.3 is 16.2 Å². The van der Waals surface area contributed by atoms with Gasteiger partial charge in [-0.05, 0) is 18.8 Å². The maximum Gasteiger partial charge on any atom is 0.329 e. The van der Waals surface area contributed by atoms with E-state index in [1.165, 1.54) is 0 Å². The summed E-state index contributed by atoms with van der Waals surface area (Å²) in [6.07, 6.45) is 2.58. The van der Waals surface area contributed by atoms with Gasteiger partial charge in [-0.1, -0.05) is 19.8 Å². The first kappa shape index (κ1) is 13.3. The monoisotopic (exact) mass is 267 g/mol. The minimum Gasteiger partial charge on any atom is -0.480 e. The van der Waals surface area contributed by atoms with E-state index in [2.05, 4.69) is 20.5 Å². The molecule has 0 aliphatic heterocycles. The van der Waals surface area contributed by atoms with Gasteiger partial charge >= 0.3 is 5.97 Å². The van der Waals surface area contributed by atoms with E-state index < -0.39 is 17.4 Å². The third kappa shape index (κ3) is 2.67. The number of anilines is 1. The van der Waals surface area contributed by atoms with Gasteiger partial charge in [0.05, 0.1) is 0 Å². The Labute approximate surface area is 109 Å². The topological polar surface area (TPSA) is 134 Å². The van der Waals surface area contributed by atoms with E-state index >= 15 is 0 Å². The smallest absolute Gasteiger partial charge is 0.329 e. The van der Waals surface area contributed by atoms with E-state index in [1.807, 2.05) is 6.92 Å². The lowest BCUT2D eigenvalue weighted by atomic mass is 9.76. The molecule has 104 valence electrons. The summed E-state index contributed by atoms with van der Waals surface area (Å²) in [6, 6.07) is 0. The van der Waals surface area contributed by atoms with Gasteiger partial charge in [0.15, 0.2) is 0 Å². The zero-order valence-corrected chi connectivity index (χ0v) is 10.6. The Balaban J connectivity index is 2.17. The number of amides is 1. The summed E-state index contributed by atoms with van der Waals surface area (Å²) in [6.45, 7) is 1.98. The van der Waals surface area contributed by atoms with Gasteiger partial charge in [-0.15, -0.1) is 5.10 Å². The first-order valence-corrected chi connectivity index (χ1v) is 6.17. The zero-order valence-electron chi connectivity index (χ0n) is 10.6. The average Bonchev–Trinajstić information content (AvgIpc) is 2.75. The lowest BCUT2D eigenvalue weighted by Crippen LogP contribution is -2.57. The first-order chi connectivity index (χ1) is 8.93. The number of aliphatic carboxylic acids is 1. The molecule has 1 fully saturated rings. The Hall–Kier alpha value is -2.12. The summed E-state index contributed by atoms with van der Waals surface area (Å²) < 4.78 is 0. The summed E-state index contributed by atoms with van der Waals surface area (Å²) >= 11 is 0. The number of rotatable bonds is 3. The number of hydrogen-bond donors (Lipinski definition) is 4. The number of carboxylic acid groups (broad SMARTS) is 1. The van der Waals surface area contributed by atoms with E-state index in [0.29, 0.717) is 12.8 Å². The number of nitrogen functional groups attached to an aromatic ring is 1. The molecule has 2 unspecified atom stereocenters. The number of carbonyl (C=O) groups is 2. The fourth-order valence-electron chi connectivity index (χ4n) is 2.57. The van der Waals surface area contributed by atoms with Crippen molar-refractivity contribution in [1.29, 1.82) is 0 Å². The predicted octanol–water partition coefficient (Wildman–Crippen LogP) is 0.150. The van der Waals surface area contributed by atoms with Crippen molar-refractivity contribution in [2.75, 3.05) is 5.73 Å². The Morgan fingerprint density at radius 2 is 2.32 bits per heavy atom. The third-order valence-corrected chi connectivity index (χ3v) is 3.48. The summed E-state index contributed by atoms with van der Waals surface area (Å²) in [5, 5.41) is 17.9. The molecule has 2 atom stereocenters. The normalized spacial score (nSPS) is 26.9. The van der Waals surface area contributed by atoms with Crippen LogP contribution in [-0.4, -0.2) is 37.7 Å². The molecule has 0 saturated heterocycles. The van der Waals surface area contributed by atoms with Crippen molar-refractivity contribution in [3.8, 4) is 0 Å². The number of aromatic nitrogens is 3. The molecule has 8 nitrogen and oxygen atoms in total. The van der Waals surface area contributed by atoms with Gasteiger partial charge in [0, 0.05) is 0 Å². The number of nitrogens with zero attached hydrogens (tertiary/aromatic N) is 2. The predicted molar refractivity (Wildman–Crippen MR) is 66.3 cm³/mol. The van der Waals surface area contributed by atoms with Gasteiger partial charge in [-0.25, -0.2) is 4.79 Å². The van der Waals surface area contributed by atoms with Gasteiger partial charge in [0.2, 0.25) is 11.8 Å². The number of nitrogens with two attached hydrogens (primary N) is 1. The molecule has 8 heteroatoms. The molecular weight excluding hydrogens is 250 g/mol. The molecule has 1 amide bonds. The van der Waals surface area contributed by atoms with Crippen LogP contribution in [0.25, 0.3) is 0 Å². The molecule has 19 heavy (non-hydrogen) atoms. The van der Waals surface area contributed by atoms with Crippen LogP contribution >= 0.6 is 0 Å². The largest absolute Gasteiger partial charge is 0.480 e. The molecule has 1 aliphatic rings. The van der Waals surface area contributed by atoms with E-state index in [0.717, 1.165) is 12.8 Å². The minimum absolute atomic E-state index is 0.0495. The fraction of sp³-hybridized carbons (Fsp3) is 0.636. The molecule has 5 N–H and O–H groups in total. The van der Waals surface area contributed by atoms with Crippen molar-refractivity contribution in [3.05, 3.63) is 5.82 Å². The summed E-state index contributed by atoms with van der Waals surface area (Å²) in [5.74, 6) is -1.48. The summed E-state index contributed by atoms with van der Waals surface area (Å²) in [7, 11) is 0. The van der Waals surface area contributed by atoms with Crippen LogP contribution in [0.3, 0.4) is 0 Å². The minimum atomic E-state index is -1.23. The standard InChI is InChI=1S/C11H17N5O3/c1-6-3-2-4-11(5-6,9(18)19)14-8(17)7-13-10(12)16-15-7/h6H,2-5H2,1H3,(H,14,17)(H,18,19)(H3,12,13,15,16). The van der Waals surface area contributed by atoms with Gasteiger partial charge in [-0.3, -0.25) is 9.89 Å². The van der Waals surface area contributed by atoms with Crippen molar-refractivity contribution in [1.82, 2.24) is 20.5 Å².